The molecule has 79 heavy (non-hydrogen) atoms. The number of hydrogen-bond donors (Lipinski definition) is 0. The Morgan fingerprint density at radius 2 is 0.481 bits per heavy atom. The first kappa shape index (κ1) is 67.8. The molecule has 31 heteroatoms. The summed E-state index contributed by atoms with van der Waals surface area (Å²) in [4.78, 5) is 150. The van der Waals surface area contributed by atoms with Crippen molar-refractivity contribution in [3.05, 3.63) is 0 Å². The molecule has 446 valence electrons. The van der Waals surface area contributed by atoms with Gasteiger partial charge in [0.05, 0.1) is 0 Å². The van der Waals surface area contributed by atoms with Gasteiger partial charge in [-0.3, -0.25) is 57.5 Å². The molecule has 15 atom stereocenters. The van der Waals surface area contributed by atoms with Gasteiger partial charge < -0.3 is 76.0 Å². The van der Waals surface area contributed by atoms with Gasteiger partial charge in [0.1, 0.15) is 54.4 Å². The first-order chi connectivity index (χ1) is 37.1. The number of esters is 12. The quantitative estimate of drug-likeness (QED) is 0.0808. The van der Waals surface area contributed by atoms with Gasteiger partial charge in [-0.05, 0) is 0 Å². The zero-order chi connectivity index (χ0) is 59.3. The molecule has 3 aliphatic heterocycles. The highest BCUT2D eigenvalue weighted by atomic mass is 32.2. The molecule has 0 aromatic heterocycles. The van der Waals surface area contributed by atoms with Crippen LogP contribution in [0.15, 0.2) is 0 Å². The highest BCUT2D eigenvalue weighted by molar-refractivity contribution is 8.00. The second kappa shape index (κ2) is 33.3. The SMILES string of the molecule is CC(=O)OC[C@H]1O[C@@H](SCCN(CCS[C@@H]2O[C@H](COC(C)=O)[C@@H](OC(C)=O)[C@H](OC(C)=O)[C@H]2OC(C)=O)CCS[C@@H]2O[C@H](COC(C)=O)[C@@H](OC(C)=O)[C@H](OC(C)=O)[C@H]2OC(C)=O)[C@H](OC(C)=O)[C@@H](OC(C)=O)[C@@H]1OC(C)=O. The fraction of sp³-hybridized carbons (Fsp3) is 0.750. The Morgan fingerprint density at radius 3 is 0.671 bits per heavy atom. The first-order valence-electron chi connectivity index (χ1n) is 24.5. The van der Waals surface area contributed by atoms with Crippen LogP contribution < -0.4 is 0 Å². The van der Waals surface area contributed by atoms with Crippen molar-refractivity contribution in [2.75, 3.05) is 56.7 Å². The van der Waals surface area contributed by atoms with Crippen LogP contribution in [0.25, 0.3) is 0 Å². The lowest BCUT2D eigenvalue weighted by atomic mass is 9.99. The van der Waals surface area contributed by atoms with E-state index >= 15 is 0 Å². The molecule has 0 bridgehead atoms. The van der Waals surface area contributed by atoms with Crippen LogP contribution in [0.5, 0.6) is 0 Å². The third-order valence-electron chi connectivity index (χ3n) is 10.9. The van der Waals surface area contributed by atoms with Crippen LogP contribution >= 0.6 is 35.3 Å². The monoisotopic (exact) mass is 1190 g/mol. The van der Waals surface area contributed by atoms with E-state index in [1.165, 1.54) is 0 Å². The minimum Gasteiger partial charge on any atom is -0.463 e. The van der Waals surface area contributed by atoms with Crippen LogP contribution in [0.1, 0.15) is 83.1 Å². The van der Waals surface area contributed by atoms with Gasteiger partial charge in [-0.2, -0.15) is 0 Å². The van der Waals surface area contributed by atoms with Crippen molar-refractivity contribution in [3.8, 4) is 0 Å². The lowest BCUT2D eigenvalue weighted by Gasteiger charge is -2.44. The molecular weight excluding hydrogens is 1120 g/mol. The molecule has 0 aromatic rings. The topological polar surface area (TPSA) is 347 Å². The number of ether oxygens (including phenoxy) is 15. The van der Waals surface area contributed by atoms with Gasteiger partial charge in [-0.15, -0.1) is 35.3 Å². The zero-order valence-corrected chi connectivity index (χ0v) is 48.2. The maximum absolute atomic E-state index is 12.6. The number of carbonyl (C=O) groups is 12. The van der Waals surface area contributed by atoms with Crippen LogP contribution in [0.3, 0.4) is 0 Å². The second-order valence-corrected chi connectivity index (χ2v) is 21.3. The predicted octanol–water partition coefficient (Wildman–Crippen LogP) is 0.737. The fourth-order valence-corrected chi connectivity index (χ4v) is 11.8. The van der Waals surface area contributed by atoms with Crippen molar-refractivity contribution >= 4 is 107 Å². The van der Waals surface area contributed by atoms with E-state index in [0.29, 0.717) is 0 Å². The van der Waals surface area contributed by atoms with Crippen molar-refractivity contribution in [1.82, 2.24) is 4.90 Å². The summed E-state index contributed by atoms with van der Waals surface area (Å²) < 4.78 is 84.8. The third kappa shape index (κ3) is 23.6. The van der Waals surface area contributed by atoms with Gasteiger partial charge >= 0.3 is 71.6 Å². The summed E-state index contributed by atoms with van der Waals surface area (Å²) in [7, 11) is 0. The van der Waals surface area contributed by atoms with Crippen molar-refractivity contribution in [2.24, 2.45) is 0 Å². The maximum atomic E-state index is 12.6. The van der Waals surface area contributed by atoms with Gasteiger partial charge in [0.2, 0.25) is 0 Å². The van der Waals surface area contributed by atoms with Crippen LogP contribution in [0.2, 0.25) is 0 Å². The Bertz CT molecular complexity index is 1930. The molecule has 28 nitrogen and oxygen atoms in total. The summed E-state index contributed by atoms with van der Waals surface area (Å²) in [6, 6.07) is 0. The molecule has 0 saturated carbocycles. The molecule has 0 aliphatic carbocycles. The van der Waals surface area contributed by atoms with E-state index in [4.69, 9.17) is 71.1 Å². The Labute approximate surface area is 468 Å². The lowest BCUT2D eigenvalue weighted by Crippen LogP contribution is -2.61. The molecule has 3 aliphatic rings. The Morgan fingerprint density at radius 1 is 0.291 bits per heavy atom. The Balaban J connectivity index is 2.07. The Hall–Kier alpha value is -5.47. The summed E-state index contributed by atoms with van der Waals surface area (Å²) in [5.41, 5.74) is -3.45. The highest BCUT2D eigenvalue weighted by Crippen LogP contribution is 2.38. The van der Waals surface area contributed by atoms with E-state index in [0.717, 1.165) is 118 Å². The molecule has 0 spiro atoms. The van der Waals surface area contributed by atoms with E-state index in [1.807, 2.05) is 4.90 Å². The number of hydrogen-bond acceptors (Lipinski definition) is 31. The smallest absolute Gasteiger partial charge is 0.303 e. The van der Waals surface area contributed by atoms with Crippen LogP contribution in [0, 0.1) is 0 Å². The maximum Gasteiger partial charge on any atom is 0.303 e. The summed E-state index contributed by atoms with van der Waals surface area (Å²) in [6.45, 7) is 12.4. The van der Waals surface area contributed by atoms with Crippen molar-refractivity contribution in [1.29, 1.82) is 0 Å². The minimum absolute atomic E-state index is 0.140. The molecule has 3 heterocycles. The summed E-state index contributed by atoms with van der Waals surface area (Å²) in [6.07, 6.45) is -16.4. The molecule has 3 fully saturated rings. The van der Waals surface area contributed by atoms with Gasteiger partial charge in [0, 0.05) is 120 Å². The average molecular weight is 1190 g/mol. The van der Waals surface area contributed by atoms with Crippen LogP contribution in [0.4, 0.5) is 0 Å². The average Bonchev–Trinajstić information content (AvgIpc) is 3.30. The fourth-order valence-electron chi connectivity index (χ4n) is 8.20. The first-order valence-corrected chi connectivity index (χ1v) is 27.7. The Kier molecular flexibility index (Phi) is 28.6. The molecule has 0 amide bonds. The molecule has 0 radical (unpaired) electrons. The second-order valence-electron chi connectivity index (χ2n) is 17.7. The van der Waals surface area contributed by atoms with Crippen molar-refractivity contribution < 1.29 is 129 Å². The normalized spacial score (nSPS) is 28.3. The van der Waals surface area contributed by atoms with Gasteiger partial charge in [-0.25, -0.2) is 0 Å². The van der Waals surface area contributed by atoms with E-state index < -0.39 is 181 Å². The molecule has 3 saturated heterocycles. The molecule has 3 rings (SSSR count). The number of thioether (sulfide) groups is 3. The van der Waals surface area contributed by atoms with E-state index in [2.05, 4.69) is 0 Å². The summed E-state index contributed by atoms with van der Waals surface area (Å²) in [5.74, 6) is -9.06. The van der Waals surface area contributed by atoms with E-state index in [-0.39, 0.29) is 36.9 Å². The van der Waals surface area contributed by atoms with Crippen LogP contribution in [-0.4, -0.2) is 223 Å². The van der Waals surface area contributed by atoms with E-state index in [9.17, 15) is 57.5 Å². The van der Waals surface area contributed by atoms with Crippen molar-refractivity contribution in [2.45, 2.75) is 173 Å². The lowest BCUT2D eigenvalue weighted by molar-refractivity contribution is -0.237. The van der Waals surface area contributed by atoms with Gasteiger partial charge in [-0.1, -0.05) is 0 Å². The van der Waals surface area contributed by atoms with Crippen LogP contribution in [-0.2, 0) is 129 Å². The number of nitrogens with zero attached hydrogens (tertiary/aromatic N) is 1. The number of rotatable bonds is 27. The zero-order valence-electron chi connectivity index (χ0n) is 45.7. The summed E-state index contributed by atoms with van der Waals surface area (Å²) in [5, 5.41) is 0. The van der Waals surface area contributed by atoms with Crippen molar-refractivity contribution in [3.63, 3.8) is 0 Å². The summed E-state index contributed by atoms with van der Waals surface area (Å²) >= 11 is 3.26. The standard InChI is InChI=1S/C48H69NO27S3/c1-22(50)62-19-34-37(65-25(4)53)40(68-28(7)56)43(71-31(10)59)46(74-34)77-16-13-49(14-17-78-47-44(72-32(11)60)41(69-29(8)57)38(66-26(5)54)35(75-47)20-63-23(2)51)15-18-79-48-45(73-33(12)61)42(70-30(9)58)39(67-27(6)55)36(76-48)21-64-24(3)52/h34-48H,13-21H2,1-12H3/t34-,35-,36-,37-,38-,39-,40+,41+,42+,43-,44-,45-,46+,47+,48+/m1/s1. The molecule has 0 aromatic carbocycles. The molecule has 0 N–H and O–H groups in total. The third-order valence-corrected chi connectivity index (χ3v) is 14.3. The molecule has 0 unspecified atom stereocenters. The number of carbonyl (C=O) groups excluding carboxylic acids is 12. The molecular formula is C48H69NO27S3. The van der Waals surface area contributed by atoms with Gasteiger partial charge in [0.15, 0.2) is 54.9 Å². The minimum atomic E-state index is -1.44. The largest absolute Gasteiger partial charge is 0.463 e. The van der Waals surface area contributed by atoms with Gasteiger partial charge in [0.25, 0.3) is 0 Å². The highest BCUT2D eigenvalue weighted by Gasteiger charge is 2.55. The van der Waals surface area contributed by atoms with E-state index in [1.54, 1.807) is 0 Å². The predicted molar refractivity (Wildman–Crippen MR) is 270 cm³/mol.